The minimum atomic E-state index is 0.843. The zero-order valence-corrected chi connectivity index (χ0v) is 6.73. The van der Waals surface area contributed by atoms with Gasteiger partial charge in [-0.05, 0) is 0 Å². The van der Waals surface area contributed by atoms with Crippen LogP contribution in [0.1, 0.15) is 27.7 Å². The first-order chi connectivity index (χ1) is 3.55. The van der Waals surface area contributed by atoms with Crippen molar-refractivity contribution >= 4 is 6.71 Å². The molecule has 0 aromatic carbocycles. The van der Waals surface area contributed by atoms with Gasteiger partial charge in [0.05, 0.1) is 0 Å². The van der Waals surface area contributed by atoms with Crippen molar-refractivity contribution in [2.24, 2.45) is 0 Å². The van der Waals surface area contributed by atoms with Gasteiger partial charge < -0.3 is 0 Å². The predicted molar refractivity (Wildman–Crippen MR) is 41.8 cm³/mol. The first kappa shape index (κ1) is 8.06. The summed E-state index contributed by atoms with van der Waals surface area (Å²) in [6, 6.07) is 0. The largest absolute Gasteiger partial charge is 0.142 e. The predicted octanol–water partition coefficient (Wildman–Crippen LogP) is 2.93. The first-order valence-corrected chi connectivity index (χ1v) is 3.55. The molecule has 0 fully saturated rings. The lowest BCUT2D eigenvalue weighted by Crippen LogP contribution is -2.15. The summed E-state index contributed by atoms with van der Waals surface area (Å²) >= 11 is 0. The van der Waals surface area contributed by atoms with Crippen LogP contribution in [0, 0.1) is 0 Å². The Labute approximate surface area is 53.8 Å². The molecule has 0 spiro atoms. The third kappa shape index (κ3) is 2.39. The van der Waals surface area contributed by atoms with Crippen LogP contribution in [0.2, 0.25) is 18.5 Å². The molecule has 0 aliphatic heterocycles. The molecule has 0 aliphatic carbocycles. The van der Waals surface area contributed by atoms with E-state index in [1.807, 2.05) is 0 Å². The quantitative estimate of drug-likeness (QED) is 0.481. The third-order valence-corrected chi connectivity index (χ3v) is 2.10. The fourth-order valence-electron chi connectivity index (χ4n) is 0.770. The number of hydrogen-bond donors (Lipinski definition) is 0. The van der Waals surface area contributed by atoms with E-state index < -0.39 is 0 Å². The van der Waals surface area contributed by atoms with E-state index in [0.29, 0.717) is 0 Å². The molecule has 0 aliphatic rings. The molecule has 0 N–H and O–H groups in total. The minimum Gasteiger partial charge on any atom is -0.0857 e. The van der Waals surface area contributed by atoms with Crippen molar-refractivity contribution in [3.05, 3.63) is 0 Å². The SMILES string of the molecule is CB(C(C)C)C(C)C. The molecule has 0 bridgehead atoms. The molecule has 1 heteroatoms. The maximum absolute atomic E-state index is 2.31. The van der Waals surface area contributed by atoms with Gasteiger partial charge in [-0.2, -0.15) is 0 Å². The lowest BCUT2D eigenvalue weighted by atomic mass is 9.37. The molecule has 0 aromatic heterocycles. The lowest BCUT2D eigenvalue weighted by molar-refractivity contribution is 0.942. The third-order valence-electron chi connectivity index (χ3n) is 2.10. The van der Waals surface area contributed by atoms with E-state index in [2.05, 4.69) is 34.5 Å². The first-order valence-electron chi connectivity index (χ1n) is 3.55. The summed E-state index contributed by atoms with van der Waals surface area (Å²) in [7, 11) is 0. The fourth-order valence-corrected chi connectivity index (χ4v) is 0.770. The minimum absolute atomic E-state index is 0.843. The number of rotatable bonds is 2. The molecule has 0 saturated carbocycles. The summed E-state index contributed by atoms with van der Waals surface area (Å²) in [6.07, 6.45) is 0. The zero-order chi connectivity index (χ0) is 6.73. The molecule has 0 heterocycles. The monoisotopic (exact) mass is 112 g/mol. The van der Waals surface area contributed by atoms with E-state index in [1.54, 1.807) is 0 Å². The molecule has 8 heavy (non-hydrogen) atoms. The summed E-state index contributed by atoms with van der Waals surface area (Å²) in [5.74, 6) is 1.69. The summed E-state index contributed by atoms with van der Waals surface area (Å²) in [6.45, 7) is 12.3. The second-order valence-electron chi connectivity index (χ2n) is 3.35. The maximum Gasteiger partial charge on any atom is 0.142 e. The van der Waals surface area contributed by atoms with Gasteiger partial charge in [-0.3, -0.25) is 0 Å². The Kier molecular flexibility index (Phi) is 3.19. The van der Waals surface area contributed by atoms with Gasteiger partial charge in [0.1, 0.15) is 6.71 Å². The van der Waals surface area contributed by atoms with Crippen LogP contribution in [-0.4, -0.2) is 6.71 Å². The average Bonchev–Trinajstić information content (AvgIpc) is 1.64. The van der Waals surface area contributed by atoms with Gasteiger partial charge in [0, 0.05) is 0 Å². The van der Waals surface area contributed by atoms with Gasteiger partial charge in [-0.25, -0.2) is 0 Å². The van der Waals surface area contributed by atoms with Gasteiger partial charge >= 0.3 is 0 Å². The highest BCUT2D eigenvalue weighted by atomic mass is 13.9. The Morgan fingerprint density at radius 3 is 1.12 bits per heavy atom. The van der Waals surface area contributed by atoms with E-state index in [9.17, 15) is 0 Å². The summed E-state index contributed by atoms with van der Waals surface area (Å²) in [4.78, 5) is 0. The second kappa shape index (κ2) is 3.16. The highest BCUT2D eigenvalue weighted by molar-refractivity contribution is 6.60. The molecule has 0 saturated heterocycles. The highest BCUT2D eigenvalue weighted by Gasteiger charge is 2.14. The Morgan fingerprint density at radius 1 is 0.875 bits per heavy atom. The van der Waals surface area contributed by atoms with E-state index in [0.717, 1.165) is 18.3 Å². The van der Waals surface area contributed by atoms with Crippen molar-refractivity contribution in [3.63, 3.8) is 0 Å². The molecular formula is C7H17B. The van der Waals surface area contributed by atoms with Gasteiger partial charge in [0.25, 0.3) is 0 Å². The molecule has 0 aromatic rings. The van der Waals surface area contributed by atoms with Crippen LogP contribution in [0.15, 0.2) is 0 Å². The molecule has 0 unspecified atom stereocenters. The molecule has 0 amide bonds. The van der Waals surface area contributed by atoms with Gasteiger partial charge in [0.2, 0.25) is 0 Å². The van der Waals surface area contributed by atoms with E-state index in [1.165, 1.54) is 0 Å². The zero-order valence-electron chi connectivity index (χ0n) is 6.73. The van der Waals surface area contributed by atoms with Gasteiger partial charge in [-0.15, -0.1) is 0 Å². The van der Waals surface area contributed by atoms with Crippen LogP contribution in [-0.2, 0) is 0 Å². The summed E-state index contributed by atoms with van der Waals surface area (Å²) < 4.78 is 0. The molecule has 0 radical (unpaired) electrons. The van der Waals surface area contributed by atoms with Crippen molar-refractivity contribution in [1.82, 2.24) is 0 Å². The Hall–Kier alpha value is 0.0649. The van der Waals surface area contributed by atoms with Crippen LogP contribution in [0.25, 0.3) is 0 Å². The molecule has 0 rings (SSSR count). The highest BCUT2D eigenvalue weighted by Crippen LogP contribution is 2.18. The van der Waals surface area contributed by atoms with Crippen molar-refractivity contribution in [2.75, 3.05) is 0 Å². The van der Waals surface area contributed by atoms with Crippen LogP contribution >= 0.6 is 0 Å². The van der Waals surface area contributed by atoms with Gasteiger partial charge in [0.15, 0.2) is 0 Å². The van der Waals surface area contributed by atoms with Crippen molar-refractivity contribution in [3.8, 4) is 0 Å². The summed E-state index contributed by atoms with van der Waals surface area (Å²) in [5, 5.41) is 0. The Balaban J connectivity index is 3.46. The Morgan fingerprint density at radius 2 is 1.12 bits per heavy atom. The molecular weight excluding hydrogens is 94.9 g/mol. The smallest absolute Gasteiger partial charge is 0.0857 e. The topological polar surface area (TPSA) is 0 Å². The van der Waals surface area contributed by atoms with Crippen LogP contribution < -0.4 is 0 Å². The second-order valence-corrected chi connectivity index (χ2v) is 3.35. The van der Waals surface area contributed by atoms with Crippen LogP contribution in [0.4, 0.5) is 0 Å². The van der Waals surface area contributed by atoms with E-state index in [4.69, 9.17) is 0 Å². The van der Waals surface area contributed by atoms with Crippen molar-refractivity contribution < 1.29 is 0 Å². The maximum atomic E-state index is 2.31. The summed E-state index contributed by atoms with van der Waals surface area (Å²) in [5.41, 5.74) is 0. The standard InChI is InChI=1S/C7H17B/c1-6(2)8(5)7(3)4/h6-7H,1-5H3. The average molecular weight is 112 g/mol. The van der Waals surface area contributed by atoms with Crippen LogP contribution in [0.5, 0.6) is 0 Å². The van der Waals surface area contributed by atoms with Gasteiger partial charge in [-0.1, -0.05) is 46.2 Å². The number of hydrogen-bond acceptors (Lipinski definition) is 0. The van der Waals surface area contributed by atoms with Crippen molar-refractivity contribution in [1.29, 1.82) is 0 Å². The molecule has 48 valence electrons. The van der Waals surface area contributed by atoms with Crippen molar-refractivity contribution in [2.45, 2.75) is 46.2 Å². The Bertz CT molecular complexity index is 49.4. The van der Waals surface area contributed by atoms with E-state index in [-0.39, 0.29) is 0 Å². The normalized spacial score (nSPS) is 10.9. The fraction of sp³-hybridized carbons (Fsp3) is 1.00. The molecule has 0 nitrogen and oxygen atoms in total. The lowest BCUT2D eigenvalue weighted by Gasteiger charge is -2.14. The van der Waals surface area contributed by atoms with E-state index >= 15 is 0 Å². The van der Waals surface area contributed by atoms with Crippen LogP contribution in [0.3, 0.4) is 0 Å². The molecule has 0 atom stereocenters.